The van der Waals surface area contributed by atoms with Gasteiger partial charge in [0.2, 0.25) is 0 Å². The summed E-state index contributed by atoms with van der Waals surface area (Å²) < 4.78 is 0. The molecule has 5 heteroatoms. The number of likely N-dealkylation sites (N-methyl/N-ethyl adjacent to an activating group) is 1. The van der Waals surface area contributed by atoms with Crippen molar-refractivity contribution in [1.82, 2.24) is 9.80 Å². The summed E-state index contributed by atoms with van der Waals surface area (Å²) in [6.07, 6.45) is 2.47. The predicted octanol–water partition coefficient (Wildman–Crippen LogP) is 2.66. The highest BCUT2D eigenvalue weighted by Crippen LogP contribution is 2.13. The van der Waals surface area contributed by atoms with E-state index in [-0.39, 0.29) is 6.03 Å². The number of carbonyl (C=O) groups is 2. The van der Waals surface area contributed by atoms with Crippen molar-refractivity contribution < 1.29 is 14.7 Å². The molecule has 0 rings (SSSR count). The van der Waals surface area contributed by atoms with Crippen LogP contribution >= 0.6 is 0 Å². The zero-order valence-corrected chi connectivity index (χ0v) is 12.8. The van der Waals surface area contributed by atoms with Gasteiger partial charge in [0.15, 0.2) is 0 Å². The second-order valence-corrected chi connectivity index (χ2v) is 4.88. The topological polar surface area (TPSA) is 60.9 Å². The van der Waals surface area contributed by atoms with Gasteiger partial charge in [-0.05, 0) is 19.3 Å². The van der Waals surface area contributed by atoms with Crippen LogP contribution in [0.4, 0.5) is 4.79 Å². The SMILES string of the molecule is CCC(CC)CN(CC)C(=O)N(C)C(CC)C(=O)O. The molecule has 0 aromatic heterocycles. The lowest BCUT2D eigenvalue weighted by molar-refractivity contribution is -0.142. The molecule has 0 fully saturated rings. The molecule has 0 aliphatic carbocycles. The maximum Gasteiger partial charge on any atom is 0.326 e. The minimum absolute atomic E-state index is 0.191. The first-order valence-electron chi connectivity index (χ1n) is 7.17. The van der Waals surface area contributed by atoms with Crippen molar-refractivity contribution >= 4 is 12.0 Å². The largest absolute Gasteiger partial charge is 0.480 e. The number of hydrogen-bond acceptors (Lipinski definition) is 2. The smallest absolute Gasteiger partial charge is 0.326 e. The Labute approximate surface area is 116 Å². The monoisotopic (exact) mass is 272 g/mol. The zero-order chi connectivity index (χ0) is 15.0. The van der Waals surface area contributed by atoms with Gasteiger partial charge in [-0.2, -0.15) is 0 Å². The van der Waals surface area contributed by atoms with E-state index in [0.29, 0.717) is 25.4 Å². The minimum Gasteiger partial charge on any atom is -0.480 e. The van der Waals surface area contributed by atoms with Crippen molar-refractivity contribution in [3.8, 4) is 0 Å². The molecular formula is C14H28N2O3. The van der Waals surface area contributed by atoms with Crippen LogP contribution in [0.3, 0.4) is 0 Å². The van der Waals surface area contributed by atoms with Crippen LogP contribution in [-0.2, 0) is 4.79 Å². The average molecular weight is 272 g/mol. The fraction of sp³-hybridized carbons (Fsp3) is 0.857. The predicted molar refractivity (Wildman–Crippen MR) is 76.2 cm³/mol. The van der Waals surface area contributed by atoms with Crippen molar-refractivity contribution in [3.63, 3.8) is 0 Å². The molecule has 1 unspecified atom stereocenters. The lowest BCUT2D eigenvalue weighted by Crippen LogP contribution is -2.49. The Morgan fingerprint density at radius 2 is 1.58 bits per heavy atom. The van der Waals surface area contributed by atoms with E-state index in [0.717, 1.165) is 12.8 Å². The number of aliphatic carboxylic acids is 1. The van der Waals surface area contributed by atoms with Gasteiger partial charge in [0.1, 0.15) is 6.04 Å². The highest BCUT2D eigenvalue weighted by atomic mass is 16.4. The van der Waals surface area contributed by atoms with Gasteiger partial charge < -0.3 is 14.9 Å². The molecule has 5 nitrogen and oxygen atoms in total. The van der Waals surface area contributed by atoms with E-state index in [1.807, 2.05) is 6.92 Å². The molecule has 0 radical (unpaired) electrons. The Hall–Kier alpha value is -1.26. The summed E-state index contributed by atoms with van der Waals surface area (Å²) in [5.41, 5.74) is 0. The van der Waals surface area contributed by atoms with E-state index in [4.69, 9.17) is 5.11 Å². The molecular weight excluding hydrogens is 244 g/mol. The van der Waals surface area contributed by atoms with Crippen molar-refractivity contribution in [2.45, 2.75) is 53.0 Å². The molecule has 0 aromatic rings. The van der Waals surface area contributed by atoms with E-state index >= 15 is 0 Å². The van der Waals surface area contributed by atoms with Gasteiger partial charge in [0, 0.05) is 20.1 Å². The molecule has 1 N–H and O–H groups in total. The van der Waals surface area contributed by atoms with Crippen LogP contribution in [0.1, 0.15) is 47.0 Å². The van der Waals surface area contributed by atoms with Crippen molar-refractivity contribution in [3.05, 3.63) is 0 Å². The van der Waals surface area contributed by atoms with Crippen LogP contribution in [0, 0.1) is 5.92 Å². The van der Waals surface area contributed by atoms with E-state index in [2.05, 4.69) is 13.8 Å². The number of amides is 2. The zero-order valence-electron chi connectivity index (χ0n) is 12.8. The van der Waals surface area contributed by atoms with Gasteiger partial charge in [0.25, 0.3) is 0 Å². The Morgan fingerprint density at radius 3 is 1.89 bits per heavy atom. The first kappa shape index (κ1) is 17.7. The average Bonchev–Trinajstić information content (AvgIpc) is 2.39. The van der Waals surface area contributed by atoms with Gasteiger partial charge in [0.05, 0.1) is 0 Å². The van der Waals surface area contributed by atoms with Crippen LogP contribution in [-0.4, -0.2) is 53.1 Å². The van der Waals surface area contributed by atoms with E-state index < -0.39 is 12.0 Å². The number of hydrogen-bond donors (Lipinski definition) is 1. The molecule has 0 spiro atoms. The van der Waals surface area contributed by atoms with Crippen molar-refractivity contribution in [2.75, 3.05) is 20.1 Å². The first-order chi connectivity index (χ1) is 8.92. The number of carboxylic acids is 1. The van der Waals surface area contributed by atoms with Gasteiger partial charge in [-0.1, -0.05) is 33.6 Å². The molecule has 0 bridgehead atoms. The number of carbonyl (C=O) groups excluding carboxylic acids is 1. The highest BCUT2D eigenvalue weighted by Gasteiger charge is 2.28. The summed E-state index contributed by atoms with van der Waals surface area (Å²) in [7, 11) is 1.57. The van der Waals surface area contributed by atoms with Crippen LogP contribution in [0.15, 0.2) is 0 Å². The summed E-state index contributed by atoms with van der Waals surface area (Å²) in [5.74, 6) is -0.473. The summed E-state index contributed by atoms with van der Waals surface area (Å²) in [6, 6.07) is -0.938. The highest BCUT2D eigenvalue weighted by molar-refractivity contribution is 5.82. The lowest BCUT2D eigenvalue weighted by Gasteiger charge is -2.32. The summed E-state index contributed by atoms with van der Waals surface area (Å²) in [5, 5.41) is 9.11. The van der Waals surface area contributed by atoms with E-state index in [9.17, 15) is 9.59 Å². The fourth-order valence-corrected chi connectivity index (χ4v) is 2.17. The molecule has 0 aliphatic heterocycles. The lowest BCUT2D eigenvalue weighted by atomic mass is 10.0. The van der Waals surface area contributed by atoms with Gasteiger partial charge >= 0.3 is 12.0 Å². The van der Waals surface area contributed by atoms with Gasteiger partial charge in [-0.3, -0.25) is 0 Å². The van der Waals surface area contributed by atoms with E-state index in [1.165, 1.54) is 4.90 Å². The third-order valence-electron chi connectivity index (χ3n) is 3.73. The third kappa shape index (κ3) is 5.09. The van der Waals surface area contributed by atoms with Crippen LogP contribution in [0.2, 0.25) is 0 Å². The second kappa shape index (κ2) is 8.77. The van der Waals surface area contributed by atoms with E-state index in [1.54, 1.807) is 18.9 Å². The standard InChI is InChI=1S/C14H28N2O3/c1-6-11(7-2)10-16(9-4)14(19)15(5)12(8-3)13(17)18/h11-12H,6-10H2,1-5H3,(H,17,18). The maximum absolute atomic E-state index is 12.3. The summed E-state index contributed by atoms with van der Waals surface area (Å²) >= 11 is 0. The summed E-state index contributed by atoms with van der Waals surface area (Å²) in [6.45, 7) is 9.23. The molecule has 1 atom stereocenters. The van der Waals surface area contributed by atoms with Crippen LogP contribution in [0.5, 0.6) is 0 Å². The molecule has 0 saturated heterocycles. The van der Waals surface area contributed by atoms with Crippen molar-refractivity contribution in [1.29, 1.82) is 0 Å². The molecule has 2 amide bonds. The fourth-order valence-electron chi connectivity index (χ4n) is 2.17. The molecule has 0 aliphatic rings. The van der Waals surface area contributed by atoms with Gasteiger partial charge in [-0.15, -0.1) is 0 Å². The Kier molecular flexibility index (Phi) is 8.19. The van der Waals surface area contributed by atoms with Gasteiger partial charge in [-0.25, -0.2) is 9.59 Å². The van der Waals surface area contributed by atoms with Crippen LogP contribution in [0.25, 0.3) is 0 Å². The second-order valence-electron chi connectivity index (χ2n) is 4.88. The normalized spacial score (nSPS) is 12.3. The number of rotatable bonds is 8. The molecule has 19 heavy (non-hydrogen) atoms. The Balaban J connectivity index is 4.77. The number of urea groups is 1. The number of carboxylic acid groups (broad SMARTS) is 1. The summed E-state index contributed by atoms with van der Waals surface area (Å²) in [4.78, 5) is 26.5. The molecule has 0 heterocycles. The van der Waals surface area contributed by atoms with Crippen molar-refractivity contribution in [2.24, 2.45) is 5.92 Å². The third-order valence-corrected chi connectivity index (χ3v) is 3.73. The Morgan fingerprint density at radius 1 is 1.05 bits per heavy atom. The maximum atomic E-state index is 12.3. The molecule has 112 valence electrons. The Bertz CT molecular complexity index is 290. The molecule has 0 aromatic carbocycles. The molecule has 0 saturated carbocycles. The first-order valence-corrected chi connectivity index (χ1v) is 7.17. The quantitative estimate of drug-likeness (QED) is 0.739. The number of nitrogens with zero attached hydrogens (tertiary/aromatic N) is 2. The van der Waals surface area contributed by atoms with Crippen LogP contribution < -0.4 is 0 Å². The minimum atomic E-state index is -0.947.